The smallest absolute Gasteiger partial charge is 0.312 e. The summed E-state index contributed by atoms with van der Waals surface area (Å²) in [5.41, 5.74) is -0.475. The fraction of sp³-hybridized carbons (Fsp3) is 0.947. The molecule has 4 bridgehead atoms. The Bertz CT molecular complexity index is 409. The second-order valence-corrected chi connectivity index (χ2v) is 9.07. The van der Waals surface area contributed by atoms with Crippen molar-refractivity contribution in [3.63, 3.8) is 0 Å². The van der Waals surface area contributed by atoms with E-state index < -0.39 is 0 Å². The molecule has 4 rings (SSSR count). The Morgan fingerprint density at radius 3 is 2.24 bits per heavy atom. The van der Waals surface area contributed by atoms with E-state index in [1.54, 1.807) is 0 Å². The fourth-order valence-corrected chi connectivity index (χ4v) is 5.78. The molecule has 0 heterocycles. The Hall–Kier alpha value is -0.530. The van der Waals surface area contributed by atoms with Gasteiger partial charge in [0.05, 0.1) is 5.41 Å². The number of carbonyl (C=O) groups excluding carboxylic acids is 1. The maximum Gasteiger partial charge on any atom is 0.312 e. The van der Waals surface area contributed by atoms with E-state index in [9.17, 15) is 4.79 Å². The van der Waals surface area contributed by atoms with Gasteiger partial charge in [-0.2, -0.15) is 0 Å². The monoisotopic (exact) mass is 292 g/mol. The molecule has 0 aromatic carbocycles. The Balaban J connectivity index is 1.87. The Morgan fingerprint density at radius 2 is 1.76 bits per heavy atom. The number of carbonyl (C=O) groups is 1. The predicted molar refractivity (Wildman–Crippen MR) is 84.8 cm³/mol. The molecular weight excluding hydrogens is 260 g/mol. The van der Waals surface area contributed by atoms with Crippen LogP contribution in [-0.2, 0) is 9.53 Å². The van der Waals surface area contributed by atoms with Crippen LogP contribution in [0.15, 0.2) is 0 Å². The predicted octanol–water partition coefficient (Wildman–Crippen LogP) is 4.82. The first kappa shape index (κ1) is 15.4. The van der Waals surface area contributed by atoms with Gasteiger partial charge >= 0.3 is 5.97 Å². The Morgan fingerprint density at radius 1 is 1.19 bits per heavy atom. The van der Waals surface area contributed by atoms with Crippen molar-refractivity contribution in [2.24, 2.45) is 35.0 Å². The average molecular weight is 292 g/mol. The van der Waals surface area contributed by atoms with Crippen molar-refractivity contribution in [2.75, 3.05) is 0 Å². The van der Waals surface area contributed by atoms with Crippen molar-refractivity contribution in [1.29, 1.82) is 0 Å². The molecule has 2 heteroatoms. The minimum Gasteiger partial charge on any atom is -0.458 e. The van der Waals surface area contributed by atoms with Gasteiger partial charge in [0.15, 0.2) is 0 Å². The standard InChI is InChI=1S/C19H32O2/c1-6-18(4,5)17(20)21-19-10-13-7-14(11-19)9-15(8-13)16(19)12(2)3/h12-16H,6-11H2,1-5H3. The minimum atomic E-state index is -0.342. The zero-order chi connectivity index (χ0) is 15.4. The van der Waals surface area contributed by atoms with Gasteiger partial charge in [0, 0.05) is 5.92 Å². The van der Waals surface area contributed by atoms with Crippen LogP contribution < -0.4 is 0 Å². The van der Waals surface area contributed by atoms with Crippen molar-refractivity contribution >= 4 is 5.97 Å². The molecule has 4 fully saturated rings. The first-order valence-electron chi connectivity index (χ1n) is 9.01. The summed E-state index contributed by atoms with van der Waals surface area (Å²) in [5, 5.41) is 0. The fourth-order valence-electron chi connectivity index (χ4n) is 5.78. The molecule has 0 aliphatic heterocycles. The second-order valence-electron chi connectivity index (χ2n) is 9.07. The molecule has 0 N–H and O–H groups in total. The molecule has 4 aliphatic rings. The summed E-state index contributed by atoms with van der Waals surface area (Å²) >= 11 is 0. The quantitative estimate of drug-likeness (QED) is 0.695. The third-order valence-electron chi connectivity index (χ3n) is 6.77. The summed E-state index contributed by atoms with van der Waals surface area (Å²) in [6.45, 7) is 10.8. The molecule has 0 spiro atoms. The molecule has 4 saturated carbocycles. The molecular formula is C19H32O2. The van der Waals surface area contributed by atoms with Gasteiger partial charge in [-0.15, -0.1) is 0 Å². The number of rotatable bonds is 4. The van der Waals surface area contributed by atoms with Crippen molar-refractivity contribution in [2.45, 2.75) is 78.7 Å². The summed E-state index contributed by atoms with van der Waals surface area (Å²) in [6, 6.07) is 0. The van der Waals surface area contributed by atoms with Gasteiger partial charge in [-0.05, 0) is 76.0 Å². The van der Waals surface area contributed by atoms with Crippen LogP contribution in [0, 0.1) is 35.0 Å². The van der Waals surface area contributed by atoms with Crippen molar-refractivity contribution in [3.05, 3.63) is 0 Å². The number of esters is 1. The van der Waals surface area contributed by atoms with E-state index >= 15 is 0 Å². The maximum atomic E-state index is 12.7. The van der Waals surface area contributed by atoms with Gasteiger partial charge in [-0.1, -0.05) is 20.8 Å². The highest BCUT2D eigenvalue weighted by molar-refractivity contribution is 5.76. The van der Waals surface area contributed by atoms with Crippen LogP contribution in [0.4, 0.5) is 0 Å². The molecule has 3 atom stereocenters. The lowest BCUT2D eigenvalue weighted by atomic mass is 9.47. The number of ether oxygens (including phenoxy) is 1. The van der Waals surface area contributed by atoms with Gasteiger partial charge in [0.2, 0.25) is 0 Å². The average Bonchev–Trinajstić information content (AvgIpc) is 2.36. The molecule has 2 nitrogen and oxygen atoms in total. The third-order valence-corrected chi connectivity index (χ3v) is 6.77. The maximum absolute atomic E-state index is 12.7. The van der Waals surface area contributed by atoms with Crippen LogP contribution in [-0.4, -0.2) is 11.6 Å². The van der Waals surface area contributed by atoms with Crippen LogP contribution in [0.3, 0.4) is 0 Å². The lowest BCUT2D eigenvalue weighted by molar-refractivity contribution is -0.222. The van der Waals surface area contributed by atoms with E-state index in [0.717, 1.165) is 37.0 Å². The summed E-state index contributed by atoms with van der Waals surface area (Å²) < 4.78 is 6.34. The van der Waals surface area contributed by atoms with Gasteiger partial charge in [-0.25, -0.2) is 0 Å². The topological polar surface area (TPSA) is 26.3 Å². The second kappa shape index (κ2) is 4.99. The summed E-state index contributed by atoms with van der Waals surface area (Å²) in [7, 11) is 0. The summed E-state index contributed by atoms with van der Waals surface area (Å²) in [5.74, 6) is 3.67. The largest absolute Gasteiger partial charge is 0.458 e. The molecule has 21 heavy (non-hydrogen) atoms. The van der Waals surface area contributed by atoms with E-state index in [4.69, 9.17) is 4.74 Å². The zero-order valence-electron chi connectivity index (χ0n) is 14.4. The van der Waals surface area contributed by atoms with E-state index in [-0.39, 0.29) is 17.0 Å². The highest BCUT2D eigenvalue weighted by Crippen LogP contribution is 2.62. The van der Waals surface area contributed by atoms with Crippen molar-refractivity contribution in [1.82, 2.24) is 0 Å². The minimum absolute atomic E-state index is 0.0394. The zero-order valence-corrected chi connectivity index (χ0v) is 14.4. The third kappa shape index (κ3) is 2.43. The van der Waals surface area contributed by atoms with Gasteiger partial charge in [0.25, 0.3) is 0 Å². The van der Waals surface area contributed by atoms with Gasteiger partial charge < -0.3 is 4.74 Å². The number of hydrogen-bond acceptors (Lipinski definition) is 2. The van der Waals surface area contributed by atoms with Crippen LogP contribution >= 0.6 is 0 Å². The summed E-state index contributed by atoms with van der Waals surface area (Å²) in [6.07, 6.45) is 7.27. The molecule has 4 aliphatic carbocycles. The van der Waals surface area contributed by atoms with Crippen LogP contribution in [0.2, 0.25) is 0 Å². The van der Waals surface area contributed by atoms with E-state index in [1.165, 1.54) is 19.3 Å². The van der Waals surface area contributed by atoms with Crippen molar-refractivity contribution < 1.29 is 9.53 Å². The first-order valence-corrected chi connectivity index (χ1v) is 9.01. The van der Waals surface area contributed by atoms with E-state index in [1.807, 2.05) is 13.8 Å². The highest BCUT2D eigenvalue weighted by atomic mass is 16.6. The van der Waals surface area contributed by atoms with Crippen LogP contribution in [0.25, 0.3) is 0 Å². The van der Waals surface area contributed by atoms with Crippen molar-refractivity contribution in [3.8, 4) is 0 Å². The first-order chi connectivity index (χ1) is 9.77. The molecule has 0 aromatic heterocycles. The van der Waals surface area contributed by atoms with Gasteiger partial charge in [0.1, 0.15) is 5.60 Å². The molecule has 0 radical (unpaired) electrons. The normalized spacial score (nSPS) is 41.6. The van der Waals surface area contributed by atoms with E-state index in [0.29, 0.717) is 11.8 Å². The van der Waals surface area contributed by atoms with E-state index in [2.05, 4.69) is 20.8 Å². The Kier molecular flexibility index (Phi) is 3.65. The molecule has 120 valence electrons. The lowest BCUT2D eigenvalue weighted by Crippen LogP contribution is -2.61. The van der Waals surface area contributed by atoms with Gasteiger partial charge in [-0.3, -0.25) is 4.79 Å². The highest BCUT2D eigenvalue weighted by Gasteiger charge is 2.60. The number of hydrogen-bond donors (Lipinski definition) is 0. The lowest BCUT2D eigenvalue weighted by Gasteiger charge is -2.61. The Labute approximate surface area is 130 Å². The molecule has 3 unspecified atom stereocenters. The SMILES string of the molecule is CCC(C)(C)C(=O)OC12CC3CC(CC(C3)C1C(C)C)C2. The van der Waals surface area contributed by atoms with Crippen LogP contribution in [0.5, 0.6) is 0 Å². The summed E-state index contributed by atoms with van der Waals surface area (Å²) in [4.78, 5) is 12.7. The molecule has 0 aromatic rings. The molecule has 0 amide bonds. The van der Waals surface area contributed by atoms with Crippen LogP contribution in [0.1, 0.15) is 73.1 Å². The molecule has 0 saturated heterocycles.